The summed E-state index contributed by atoms with van der Waals surface area (Å²) in [5.41, 5.74) is 0.184. The van der Waals surface area contributed by atoms with Gasteiger partial charge in [0.25, 0.3) is 5.91 Å². The van der Waals surface area contributed by atoms with E-state index in [1.165, 1.54) is 50.5 Å². The number of benzene rings is 4. The van der Waals surface area contributed by atoms with Crippen molar-refractivity contribution >= 4 is 11.6 Å². The zero-order chi connectivity index (χ0) is 48.2. The van der Waals surface area contributed by atoms with Crippen molar-refractivity contribution in [2.24, 2.45) is 23.7 Å². The van der Waals surface area contributed by atoms with Crippen LogP contribution in [0, 0.1) is 23.7 Å². The Balaban J connectivity index is 0.871. The number of rotatable bonds is 15. The number of nitrogens with zero attached hydrogens (tertiary/aromatic N) is 2. The quantitative estimate of drug-likeness (QED) is 0.0466. The molecule has 2 unspecified atom stereocenters. The summed E-state index contributed by atoms with van der Waals surface area (Å²) in [4.78, 5) is 30.5. The van der Waals surface area contributed by atoms with Crippen LogP contribution < -0.4 is 23.7 Å². The topological polar surface area (TPSA) is 289 Å². The van der Waals surface area contributed by atoms with Crippen LogP contribution >= 0.6 is 0 Å². The first kappa shape index (κ1) is 47.6. The number of piperidine rings is 2. The van der Waals surface area contributed by atoms with E-state index in [0.717, 1.165) is 0 Å². The van der Waals surface area contributed by atoms with Gasteiger partial charge in [0, 0.05) is 47.5 Å². The number of hydrogen-bond donors (Lipinski definition) is 10. The summed E-state index contributed by atoms with van der Waals surface area (Å²) < 4.78 is 27.2. The molecule has 0 amide bonds. The molecule has 19 nitrogen and oxygen atoms in total. The van der Waals surface area contributed by atoms with Crippen LogP contribution in [0.2, 0.25) is 0 Å². The maximum absolute atomic E-state index is 13.8. The number of phenols is 4. The van der Waals surface area contributed by atoms with E-state index in [1.54, 1.807) is 30.3 Å². The van der Waals surface area contributed by atoms with Crippen molar-refractivity contribution in [3.63, 3.8) is 0 Å². The van der Waals surface area contributed by atoms with Crippen LogP contribution in [0.3, 0.4) is 0 Å². The Morgan fingerprint density at radius 2 is 1.06 bits per heavy atom. The van der Waals surface area contributed by atoms with E-state index in [2.05, 4.69) is 0 Å². The predicted octanol–water partition coefficient (Wildman–Crippen LogP) is 3.05. The Labute approximate surface area is 385 Å². The number of carbonyl (C=O) groups is 2. The average molecular weight is 933 g/mol. The van der Waals surface area contributed by atoms with Gasteiger partial charge in [-0.25, -0.2) is 4.90 Å². The molecule has 2 atom stereocenters. The molecule has 2 heterocycles. The number of carbonyl (C=O) groups excluding carboxylic acids is 2. The second-order valence-corrected chi connectivity index (χ2v) is 17.8. The molecule has 4 aliphatic rings. The Bertz CT molecular complexity index is 2480. The monoisotopic (exact) mass is 932 g/mol. The Kier molecular flexibility index (Phi) is 13.0. The van der Waals surface area contributed by atoms with Crippen molar-refractivity contribution in [3.05, 3.63) is 88.0 Å². The Morgan fingerprint density at radius 3 is 1.55 bits per heavy atom. The molecule has 10 N–H and O–H groups in total. The number of fused-ring (bicyclic) bond motifs is 2. The first-order valence-corrected chi connectivity index (χ1v) is 22.0. The molecule has 2 fully saturated rings. The van der Waals surface area contributed by atoms with Crippen molar-refractivity contribution in [3.8, 4) is 51.7 Å². The SMILES string of the molecule is COc1cc2c(cc1OC)C(O)(O)C(CC1CCN(Cc3c(O)c(O)c(OCOc4cc5c(cc4OC)C(O)(O)C(CC4CCN(C(O)(O)c6ccccc6)CC4)C5=O)c(O)c3O)CC1)C2=O. The van der Waals surface area contributed by atoms with E-state index in [1.807, 2.05) is 4.90 Å². The van der Waals surface area contributed by atoms with Crippen molar-refractivity contribution in [2.75, 3.05) is 54.3 Å². The first-order valence-electron chi connectivity index (χ1n) is 22.0. The second-order valence-electron chi connectivity index (χ2n) is 17.8. The number of likely N-dealkylation sites (tertiary alicyclic amines) is 2. The third-order valence-electron chi connectivity index (χ3n) is 14.1. The highest BCUT2D eigenvalue weighted by molar-refractivity contribution is 6.04. The smallest absolute Gasteiger partial charge is 0.253 e. The number of aliphatic hydroxyl groups is 6. The fourth-order valence-electron chi connectivity index (χ4n) is 10.1. The summed E-state index contributed by atoms with van der Waals surface area (Å²) in [5.74, 6) is -14.3. The van der Waals surface area contributed by atoms with E-state index >= 15 is 0 Å². The van der Waals surface area contributed by atoms with Crippen LogP contribution in [-0.2, 0) is 24.0 Å². The van der Waals surface area contributed by atoms with Crippen LogP contribution in [-0.4, -0.2) is 127 Å². The van der Waals surface area contributed by atoms with Crippen molar-refractivity contribution in [2.45, 2.75) is 62.6 Å². The maximum Gasteiger partial charge on any atom is 0.253 e. The fraction of sp³-hybridized carbons (Fsp3) is 0.458. The molecular weight excluding hydrogens is 877 g/mol. The van der Waals surface area contributed by atoms with Gasteiger partial charge in [0.1, 0.15) is 0 Å². The number of aromatic hydroxyl groups is 4. The summed E-state index contributed by atoms with van der Waals surface area (Å²) in [6.45, 7) is 0.530. The lowest BCUT2D eigenvalue weighted by molar-refractivity contribution is -0.281. The summed E-state index contributed by atoms with van der Waals surface area (Å²) in [6.07, 6.45) is 2.23. The van der Waals surface area contributed by atoms with Crippen LogP contribution in [0.5, 0.6) is 51.7 Å². The summed E-state index contributed by atoms with van der Waals surface area (Å²) in [6, 6.07) is 13.8. The highest BCUT2D eigenvalue weighted by Gasteiger charge is 2.53. The van der Waals surface area contributed by atoms with Gasteiger partial charge in [0.15, 0.2) is 46.1 Å². The highest BCUT2D eigenvalue weighted by Crippen LogP contribution is 2.53. The molecular formula is C48H56N2O17. The number of ether oxygens (including phenoxy) is 5. The summed E-state index contributed by atoms with van der Waals surface area (Å²) in [5, 5.41) is 111. The third-order valence-corrected chi connectivity index (χ3v) is 14.1. The van der Waals surface area contributed by atoms with Gasteiger partial charge in [-0.15, -0.1) is 0 Å². The van der Waals surface area contributed by atoms with Crippen LogP contribution in [0.4, 0.5) is 0 Å². The van der Waals surface area contributed by atoms with Crippen LogP contribution in [0.1, 0.15) is 81.5 Å². The molecule has 360 valence electrons. The summed E-state index contributed by atoms with van der Waals surface area (Å²) >= 11 is 0. The van der Waals surface area contributed by atoms with Gasteiger partial charge in [-0.05, 0) is 87.7 Å². The van der Waals surface area contributed by atoms with Crippen molar-refractivity contribution in [1.29, 1.82) is 0 Å². The van der Waals surface area contributed by atoms with Gasteiger partial charge in [0.05, 0.1) is 38.7 Å². The predicted molar refractivity (Wildman–Crippen MR) is 234 cm³/mol. The Hall–Kier alpha value is -5.90. The number of Topliss-reactive ketones (excluding diaryl/α,β-unsaturated/α-hetero) is 2. The molecule has 19 heteroatoms. The molecule has 2 aliphatic heterocycles. The number of phenolic OH excluding ortho intramolecular Hbond substituents is 4. The van der Waals surface area contributed by atoms with E-state index in [-0.39, 0.29) is 95.1 Å². The molecule has 0 radical (unpaired) electrons. The number of hydrogen-bond acceptors (Lipinski definition) is 19. The van der Waals surface area contributed by atoms with Gasteiger partial charge < -0.3 is 74.7 Å². The normalized spacial score (nSPS) is 21.0. The second kappa shape index (κ2) is 18.3. The minimum absolute atomic E-state index is 0.00806. The molecule has 0 aromatic heterocycles. The molecule has 0 bridgehead atoms. The van der Waals surface area contributed by atoms with Gasteiger partial charge in [-0.2, -0.15) is 0 Å². The molecule has 0 saturated carbocycles. The zero-order valence-electron chi connectivity index (χ0n) is 37.2. The summed E-state index contributed by atoms with van der Waals surface area (Å²) in [7, 11) is 4.11. The molecule has 2 saturated heterocycles. The highest BCUT2D eigenvalue weighted by atomic mass is 16.7. The standard InChI is InChI=1S/C48H56N2O17/c1-63-35-19-28-31(21-36(35)64-2)46(57,58)33(39(28)51)17-25-9-13-49(14-10-25)23-30-41(53)43(55)45(44(56)42(30)54)67-24-66-38-20-29-32(22-37(38)65-3)47(59,60)34(40(29)52)18-26-11-15-50(16-12-26)48(61,62)27-7-5-4-6-8-27/h4-8,19-22,25-26,33-34,53-62H,9-18,23-24H2,1-3H3. The van der Waals surface area contributed by atoms with Gasteiger partial charge in [-0.3, -0.25) is 14.5 Å². The lowest BCUT2D eigenvalue weighted by Crippen LogP contribution is -2.50. The van der Waals surface area contributed by atoms with E-state index < -0.39 is 76.4 Å². The fourth-order valence-corrected chi connectivity index (χ4v) is 10.1. The number of ketones is 2. The molecule has 4 aromatic carbocycles. The Morgan fingerprint density at radius 1 is 0.612 bits per heavy atom. The van der Waals surface area contributed by atoms with Crippen LogP contribution in [0.25, 0.3) is 0 Å². The lowest BCUT2D eigenvalue weighted by atomic mass is 9.83. The van der Waals surface area contributed by atoms with Crippen molar-refractivity contribution in [1.82, 2.24) is 9.80 Å². The van der Waals surface area contributed by atoms with Gasteiger partial charge in [-0.1, -0.05) is 30.3 Å². The largest absolute Gasteiger partial charge is 0.504 e. The minimum atomic E-state index is -2.56. The first-order chi connectivity index (χ1) is 31.8. The van der Waals surface area contributed by atoms with E-state index in [4.69, 9.17) is 23.7 Å². The lowest BCUT2D eigenvalue weighted by Gasteiger charge is -2.41. The van der Waals surface area contributed by atoms with Gasteiger partial charge >= 0.3 is 0 Å². The number of methoxy groups -OCH3 is 3. The van der Waals surface area contributed by atoms with E-state index in [9.17, 15) is 60.7 Å². The molecule has 67 heavy (non-hydrogen) atoms. The minimum Gasteiger partial charge on any atom is -0.504 e. The van der Waals surface area contributed by atoms with Crippen molar-refractivity contribution < 1.29 is 84.3 Å². The van der Waals surface area contributed by atoms with Crippen LogP contribution in [0.15, 0.2) is 54.6 Å². The molecule has 4 aromatic rings. The average Bonchev–Trinajstić information content (AvgIpc) is 3.62. The van der Waals surface area contributed by atoms with Gasteiger partial charge in [0.2, 0.25) is 35.6 Å². The maximum atomic E-state index is 13.8. The zero-order valence-corrected chi connectivity index (χ0v) is 37.2. The molecule has 0 spiro atoms. The van der Waals surface area contributed by atoms with E-state index in [0.29, 0.717) is 44.3 Å². The molecule has 2 aliphatic carbocycles. The molecule has 8 rings (SSSR count). The third kappa shape index (κ3) is 8.54.